The molecule has 88 valence electrons. The van der Waals surface area contributed by atoms with Crippen molar-refractivity contribution in [3.05, 3.63) is 0 Å². The number of nitrogens with two attached hydrogens (primary N) is 1. The van der Waals surface area contributed by atoms with Gasteiger partial charge in [-0.25, -0.2) is 0 Å². The third kappa shape index (κ3) is 7.93. The molecule has 0 aliphatic heterocycles. The number of nitrogens with one attached hydrogen (secondary N) is 1. The minimum Gasteiger partial charge on any atom is -0.480 e. The second-order valence-corrected chi connectivity index (χ2v) is 3.56. The lowest BCUT2D eigenvalue weighted by molar-refractivity contribution is -0.138. The van der Waals surface area contributed by atoms with Gasteiger partial charge in [-0.2, -0.15) is 0 Å². The number of carbonyl (C=O) groups excluding carboxylic acids is 1. The van der Waals surface area contributed by atoms with Crippen molar-refractivity contribution < 1.29 is 14.7 Å². The smallest absolute Gasteiger partial charge is 0.322 e. The van der Waals surface area contributed by atoms with Crippen LogP contribution in [0.4, 0.5) is 0 Å². The first-order valence-electron chi connectivity index (χ1n) is 5.33. The van der Waals surface area contributed by atoms with E-state index in [0.29, 0.717) is 6.42 Å². The number of unbranched alkanes of at least 4 members (excludes halogenated alkanes) is 3. The molecule has 5 nitrogen and oxygen atoms in total. The number of carboxylic acid groups (broad SMARTS) is 1. The molecule has 15 heavy (non-hydrogen) atoms. The van der Waals surface area contributed by atoms with Crippen LogP contribution in [-0.4, -0.2) is 29.6 Å². The first-order chi connectivity index (χ1) is 7.07. The minimum atomic E-state index is -1.10. The number of rotatable bonds is 8. The van der Waals surface area contributed by atoms with Gasteiger partial charge in [-0.15, -0.1) is 0 Å². The SMILES string of the molecule is CCCCCCC(=O)NC[C@H](N)C(=O)O. The maximum absolute atomic E-state index is 11.2. The average Bonchev–Trinajstić information content (AvgIpc) is 2.20. The summed E-state index contributed by atoms with van der Waals surface area (Å²) in [6.45, 7) is 2.11. The Morgan fingerprint density at radius 1 is 1.33 bits per heavy atom. The molecule has 0 spiro atoms. The third-order valence-electron chi connectivity index (χ3n) is 2.09. The van der Waals surface area contributed by atoms with Crippen LogP contribution in [-0.2, 0) is 9.59 Å². The fraction of sp³-hybridized carbons (Fsp3) is 0.800. The molecular formula is C10H20N2O3. The second-order valence-electron chi connectivity index (χ2n) is 3.56. The van der Waals surface area contributed by atoms with Crippen LogP contribution in [0.15, 0.2) is 0 Å². The van der Waals surface area contributed by atoms with Gasteiger partial charge >= 0.3 is 5.97 Å². The Kier molecular flexibility index (Phi) is 7.62. The minimum absolute atomic E-state index is 0.00193. The van der Waals surface area contributed by atoms with E-state index in [1.807, 2.05) is 0 Å². The predicted molar refractivity (Wildman–Crippen MR) is 57.4 cm³/mol. The molecule has 0 saturated carbocycles. The van der Waals surface area contributed by atoms with E-state index < -0.39 is 12.0 Å². The van der Waals surface area contributed by atoms with Gasteiger partial charge in [0.1, 0.15) is 6.04 Å². The van der Waals surface area contributed by atoms with Crippen LogP contribution in [0.25, 0.3) is 0 Å². The Bertz CT molecular complexity index is 207. The lowest BCUT2D eigenvalue weighted by atomic mass is 10.1. The largest absolute Gasteiger partial charge is 0.480 e. The van der Waals surface area contributed by atoms with E-state index in [4.69, 9.17) is 10.8 Å². The standard InChI is InChI=1S/C10H20N2O3/c1-2-3-4-5-6-9(13)12-7-8(11)10(14)15/h8H,2-7,11H2,1H3,(H,12,13)(H,14,15)/t8-/m0/s1. The molecule has 0 aromatic carbocycles. The van der Waals surface area contributed by atoms with E-state index in [1.54, 1.807) is 0 Å². The van der Waals surface area contributed by atoms with Crippen molar-refractivity contribution in [3.8, 4) is 0 Å². The van der Waals surface area contributed by atoms with Crippen molar-refractivity contribution in [1.82, 2.24) is 5.32 Å². The summed E-state index contributed by atoms with van der Waals surface area (Å²) in [5.41, 5.74) is 5.23. The number of aliphatic carboxylic acids is 1. The van der Waals surface area contributed by atoms with Crippen LogP contribution >= 0.6 is 0 Å². The van der Waals surface area contributed by atoms with Gasteiger partial charge in [-0.1, -0.05) is 26.2 Å². The number of carboxylic acids is 1. The van der Waals surface area contributed by atoms with Crippen molar-refractivity contribution >= 4 is 11.9 Å². The predicted octanol–water partition coefficient (Wildman–Crippen LogP) is 0.485. The Labute approximate surface area is 90.0 Å². The van der Waals surface area contributed by atoms with Gasteiger partial charge < -0.3 is 16.2 Å². The molecule has 0 aromatic heterocycles. The number of amides is 1. The van der Waals surface area contributed by atoms with Crippen LogP contribution in [0.1, 0.15) is 39.0 Å². The molecule has 0 aliphatic carbocycles. The van der Waals surface area contributed by atoms with Crippen molar-refractivity contribution in [1.29, 1.82) is 0 Å². The maximum atomic E-state index is 11.2. The Balaban J connectivity index is 3.45. The zero-order chi connectivity index (χ0) is 11.7. The lowest BCUT2D eigenvalue weighted by Crippen LogP contribution is -2.42. The van der Waals surface area contributed by atoms with Gasteiger partial charge in [0.2, 0.25) is 5.91 Å². The van der Waals surface area contributed by atoms with E-state index in [0.717, 1.165) is 25.7 Å². The highest BCUT2D eigenvalue weighted by atomic mass is 16.4. The monoisotopic (exact) mass is 216 g/mol. The van der Waals surface area contributed by atoms with Crippen molar-refractivity contribution in [2.45, 2.75) is 45.1 Å². The summed E-state index contributed by atoms with van der Waals surface area (Å²) in [4.78, 5) is 21.5. The summed E-state index contributed by atoms with van der Waals surface area (Å²) < 4.78 is 0. The highest BCUT2D eigenvalue weighted by Gasteiger charge is 2.11. The van der Waals surface area contributed by atoms with Crippen molar-refractivity contribution in [3.63, 3.8) is 0 Å². The molecule has 0 rings (SSSR count). The van der Waals surface area contributed by atoms with Crippen molar-refractivity contribution in [2.75, 3.05) is 6.54 Å². The molecule has 1 atom stereocenters. The van der Waals surface area contributed by atoms with Crippen LogP contribution < -0.4 is 11.1 Å². The molecule has 0 heterocycles. The van der Waals surface area contributed by atoms with Gasteiger partial charge in [-0.3, -0.25) is 9.59 Å². The highest BCUT2D eigenvalue weighted by Crippen LogP contribution is 2.01. The molecule has 1 amide bonds. The maximum Gasteiger partial charge on any atom is 0.322 e. The van der Waals surface area contributed by atoms with Gasteiger partial charge in [-0.05, 0) is 6.42 Å². The van der Waals surface area contributed by atoms with Gasteiger partial charge in [0.25, 0.3) is 0 Å². The Morgan fingerprint density at radius 3 is 2.53 bits per heavy atom. The Hall–Kier alpha value is -1.10. The molecular weight excluding hydrogens is 196 g/mol. The van der Waals surface area contributed by atoms with Crippen LogP contribution in [0, 0.1) is 0 Å². The number of carbonyl (C=O) groups is 2. The topological polar surface area (TPSA) is 92.4 Å². The van der Waals surface area contributed by atoms with Crippen molar-refractivity contribution in [2.24, 2.45) is 5.73 Å². The molecule has 0 aromatic rings. The number of hydrogen-bond acceptors (Lipinski definition) is 3. The summed E-state index contributed by atoms with van der Waals surface area (Å²) in [6, 6.07) is -1.01. The average molecular weight is 216 g/mol. The zero-order valence-corrected chi connectivity index (χ0v) is 9.16. The van der Waals surface area contributed by atoms with Crippen LogP contribution in [0.3, 0.4) is 0 Å². The highest BCUT2D eigenvalue weighted by molar-refractivity contribution is 5.78. The summed E-state index contributed by atoms with van der Waals surface area (Å²) >= 11 is 0. The summed E-state index contributed by atoms with van der Waals surface area (Å²) in [5.74, 6) is -1.22. The summed E-state index contributed by atoms with van der Waals surface area (Å²) in [6.07, 6.45) is 4.59. The molecule has 0 aliphatic rings. The molecule has 4 N–H and O–H groups in total. The molecule has 0 bridgehead atoms. The quantitative estimate of drug-likeness (QED) is 0.515. The fourth-order valence-corrected chi connectivity index (χ4v) is 1.11. The van der Waals surface area contributed by atoms with E-state index in [-0.39, 0.29) is 12.5 Å². The molecule has 0 unspecified atom stereocenters. The number of hydrogen-bond donors (Lipinski definition) is 3. The Morgan fingerprint density at radius 2 is 2.00 bits per heavy atom. The lowest BCUT2D eigenvalue weighted by Gasteiger charge is -2.08. The van der Waals surface area contributed by atoms with Gasteiger partial charge in [0.15, 0.2) is 0 Å². The summed E-state index contributed by atoms with van der Waals surface area (Å²) in [7, 11) is 0. The van der Waals surface area contributed by atoms with E-state index in [2.05, 4.69) is 12.2 Å². The van der Waals surface area contributed by atoms with E-state index >= 15 is 0 Å². The van der Waals surface area contributed by atoms with Crippen LogP contribution in [0.5, 0.6) is 0 Å². The normalized spacial score (nSPS) is 12.1. The van der Waals surface area contributed by atoms with E-state index in [9.17, 15) is 9.59 Å². The molecule has 0 fully saturated rings. The van der Waals surface area contributed by atoms with E-state index in [1.165, 1.54) is 0 Å². The molecule has 5 heteroatoms. The molecule has 0 saturated heterocycles. The first kappa shape index (κ1) is 13.9. The second kappa shape index (κ2) is 8.23. The first-order valence-corrected chi connectivity index (χ1v) is 5.33. The van der Waals surface area contributed by atoms with Crippen LogP contribution in [0.2, 0.25) is 0 Å². The van der Waals surface area contributed by atoms with Gasteiger partial charge in [0.05, 0.1) is 0 Å². The van der Waals surface area contributed by atoms with Gasteiger partial charge in [0, 0.05) is 13.0 Å². The third-order valence-corrected chi connectivity index (χ3v) is 2.09. The zero-order valence-electron chi connectivity index (χ0n) is 9.16. The fourth-order valence-electron chi connectivity index (χ4n) is 1.11. The summed E-state index contributed by atoms with van der Waals surface area (Å²) in [5, 5.41) is 11.0. The molecule has 0 radical (unpaired) electrons.